The van der Waals surface area contributed by atoms with Crippen LogP contribution in [0.15, 0.2) is 5.38 Å². The molecule has 0 aliphatic heterocycles. The minimum Gasteiger partial charge on any atom is -0.308 e. The van der Waals surface area contributed by atoms with Crippen molar-refractivity contribution in [3.05, 3.63) is 16.1 Å². The van der Waals surface area contributed by atoms with E-state index in [2.05, 4.69) is 45.3 Å². The Kier molecular flexibility index (Phi) is 4.51. The van der Waals surface area contributed by atoms with E-state index in [1.165, 1.54) is 10.7 Å². The van der Waals surface area contributed by atoms with Crippen LogP contribution in [0, 0.1) is 5.92 Å². The minimum atomic E-state index is 0.0395. The highest BCUT2D eigenvalue weighted by Crippen LogP contribution is 2.35. The van der Waals surface area contributed by atoms with Crippen molar-refractivity contribution in [2.45, 2.75) is 52.5 Å². The molecule has 16 heavy (non-hydrogen) atoms. The number of hydrogen-bond donors (Lipinski definition) is 1. The van der Waals surface area contributed by atoms with E-state index in [9.17, 15) is 0 Å². The third-order valence-electron chi connectivity index (χ3n) is 3.48. The molecule has 0 saturated heterocycles. The van der Waals surface area contributed by atoms with Gasteiger partial charge < -0.3 is 5.32 Å². The third kappa shape index (κ3) is 2.30. The summed E-state index contributed by atoms with van der Waals surface area (Å²) < 4.78 is 0. The number of rotatable bonds is 5. The highest BCUT2D eigenvalue weighted by Gasteiger charge is 2.35. The quantitative estimate of drug-likeness (QED) is 0.848. The van der Waals surface area contributed by atoms with Gasteiger partial charge >= 0.3 is 0 Å². The molecule has 0 aromatic carbocycles. The normalized spacial score (nSPS) is 15.8. The summed E-state index contributed by atoms with van der Waals surface area (Å²) in [7, 11) is 2.04. The van der Waals surface area contributed by atoms with Gasteiger partial charge in [-0.2, -0.15) is 0 Å². The Balaban J connectivity index is 3.11. The Labute approximate surface area is 103 Å². The average Bonchev–Trinajstić information content (AvgIpc) is 2.70. The van der Waals surface area contributed by atoms with Crippen LogP contribution in [0.5, 0.6) is 0 Å². The lowest BCUT2D eigenvalue weighted by Gasteiger charge is -2.34. The lowest BCUT2D eigenvalue weighted by Crippen LogP contribution is -2.44. The fourth-order valence-electron chi connectivity index (χ4n) is 2.14. The van der Waals surface area contributed by atoms with Gasteiger partial charge in [0.05, 0.1) is 11.2 Å². The molecule has 0 spiro atoms. The highest BCUT2D eigenvalue weighted by atomic mass is 32.1. The molecule has 1 atom stereocenters. The number of hydrogen-bond acceptors (Lipinski definition) is 3. The second-order valence-corrected chi connectivity index (χ2v) is 5.82. The zero-order valence-corrected chi connectivity index (χ0v) is 12.1. The molecule has 1 heterocycles. The van der Waals surface area contributed by atoms with E-state index in [0.29, 0.717) is 11.8 Å². The predicted molar refractivity (Wildman–Crippen MR) is 72.1 cm³/mol. The summed E-state index contributed by atoms with van der Waals surface area (Å²) >= 11 is 1.79. The highest BCUT2D eigenvalue weighted by molar-refractivity contribution is 7.09. The van der Waals surface area contributed by atoms with Gasteiger partial charge in [-0.15, -0.1) is 11.3 Å². The zero-order valence-electron chi connectivity index (χ0n) is 11.3. The third-order valence-corrected chi connectivity index (χ3v) is 4.52. The van der Waals surface area contributed by atoms with Crippen molar-refractivity contribution in [1.82, 2.24) is 10.3 Å². The maximum Gasteiger partial charge on any atom is 0.113 e. The molecule has 0 radical (unpaired) electrons. The fraction of sp³-hybridized carbons (Fsp3) is 0.769. The first kappa shape index (κ1) is 13.7. The summed E-state index contributed by atoms with van der Waals surface area (Å²) in [6, 6.07) is 0. The lowest BCUT2D eigenvalue weighted by molar-refractivity contribution is 0.245. The van der Waals surface area contributed by atoms with Gasteiger partial charge in [-0.1, -0.05) is 34.6 Å². The van der Waals surface area contributed by atoms with Crippen LogP contribution < -0.4 is 5.32 Å². The van der Waals surface area contributed by atoms with Crippen molar-refractivity contribution >= 4 is 11.3 Å². The van der Waals surface area contributed by atoms with E-state index >= 15 is 0 Å². The lowest BCUT2D eigenvalue weighted by atomic mass is 9.84. The summed E-state index contributed by atoms with van der Waals surface area (Å²) in [6.45, 7) is 11.1. The van der Waals surface area contributed by atoms with Crippen LogP contribution in [0.3, 0.4) is 0 Å². The molecule has 2 nitrogen and oxygen atoms in total. The largest absolute Gasteiger partial charge is 0.308 e. The van der Waals surface area contributed by atoms with Gasteiger partial charge in [0.15, 0.2) is 0 Å². The van der Waals surface area contributed by atoms with Crippen molar-refractivity contribution in [3.8, 4) is 0 Å². The van der Waals surface area contributed by atoms with Crippen LogP contribution in [-0.4, -0.2) is 12.0 Å². The topological polar surface area (TPSA) is 24.9 Å². The summed E-state index contributed by atoms with van der Waals surface area (Å²) in [5.74, 6) is 1.07. The molecule has 1 aromatic heterocycles. The second-order valence-electron chi connectivity index (χ2n) is 4.96. The van der Waals surface area contributed by atoms with Crippen molar-refractivity contribution in [2.24, 2.45) is 5.92 Å². The van der Waals surface area contributed by atoms with E-state index in [4.69, 9.17) is 4.98 Å². The molecule has 3 heteroatoms. The maximum absolute atomic E-state index is 4.80. The molecule has 1 aromatic rings. The van der Waals surface area contributed by atoms with Crippen LogP contribution in [0.25, 0.3) is 0 Å². The summed E-state index contributed by atoms with van der Waals surface area (Å²) in [6.07, 6.45) is 1.08. The first-order chi connectivity index (χ1) is 7.47. The van der Waals surface area contributed by atoms with Gasteiger partial charge in [0.1, 0.15) is 5.01 Å². The summed E-state index contributed by atoms with van der Waals surface area (Å²) in [5, 5.41) is 6.91. The van der Waals surface area contributed by atoms with E-state index < -0.39 is 0 Å². The van der Waals surface area contributed by atoms with Crippen LogP contribution in [0.4, 0.5) is 0 Å². The van der Waals surface area contributed by atoms with Crippen LogP contribution in [0.1, 0.15) is 57.7 Å². The van der Waals surface area contributed by atoms with Gasteiger partial charge in [0.2, 0.25) is 0 Å². The minimum absolute atomic E-state index is 0.0395. The first-order valence-electron chi connectivity index (χ1n) is 6.12. The van der Waals surface area contributed by atoms with Crippen LogP contribution in [-0.2, 0) is 5.54 Å². The van der Waals surface area contributed by atoms with Gasteiger partial charge in [-0.05, 0) is 25.3 Å². The number of nitrogens with one attached hydrogen (secondary N) is 1. The molecule has 0 saturated carbocycles. The first-order valence-corrected chi connectivity index (χ1v) is 7.00. The van der Waals surface area contributed by atoms with E-state index in [1.54, 1.807) is 11.3 Å². The van der Waals surface area contributed by atoms with Crippen molar-refractivity contribution in [3.63, 3.8) is 0 Å². The molecule has 1 N–H and O–H groups in total. The van der Waals surface area contributed by atoms with Gasteiger partial charge in [0, 0.05) is 5.38 Å². The second kappa shape index (κ2) is 5.28. The molecule has 1 rings (SSSR count). The number of thiazole rings is 1. The molecule has 1 unspecified atom stereocenters. The number of aromatic nitrogens is 1. The smallest absolute Gasteiger partial charge is 0.113 e. The molecule has 0 fully saturated rings. The Bertz CT molecular complexity index is 324. The van der Waals surface area contributed by atoms with E-state index in [-0.39, 0.29) is 5.54 Å². The van der Waals surface area contributed by atoms with Gasteiger partial charge in [-0.25, -0.2) is 4.98 Å². The number of nitrogens with zero attached hydrogens (tertiary/aromatic N) is 1. The molecular formula is C13H24N2S. The monoisotopic (exact) mass is 240 g/mol. The van der Waals surface area contributed by atoms with Crippen molar-refractivity contribution in [2.75, 3.05) is 7.05 Å². The van der Waals surface area contributed by atoms with Crippen molar-refractivity contribution in [1.29, 1.82) is 0 Å². The van der Waals surface area contributed by atoms with E-state index in [0.717, 1.165) is 6.42 Å². The predicted octanol–water partition coefficient (Wildman–Crippen LogP) is 3.75. The Morgan fingerprint density at radius 3 is 2.31 bits per heavy atom. The molecule has 0 aliphatic rings. The molecule has 0 aliphatic carbocycles. The van der Waals surface area contributed by atoms with Gasteiger partial charge in [0.25, 0.3) is 0 Å². The van der Waals surface area contributed by atoms with E-state index in [1.807, 2.05) is 7.05 Å². The molecule has 92 valence electrons. The summed E-state index contributed by atoms with van der Waals surface area (Å²) in [5.41, 5.74) is 1.26. The Morgan fingerprint density at radius 1 is 1.38 bits per heavy atom. The molecule has 0 bridgehead atoms. The average molecular weight is 240 g/mol. The van der Waals surface area contributed by atoms with Crippen LogP contribution >= 0.6 is 11.3 Å². The molecule has 0 amide bonds. The SMILES string of the molecule is CCC(NC)(c1nc(C(C)C)cs1)C(C)C. The Hall–Kier alpha value is -0.410. The van der Waals surface area contributed by atoms with Crippen LogP contribution in [0.2, 0.25) is 0 Å². The maximum atomic E-state index is 4.80. The zero-order chi connectivity index (χ0) is 12.3. The fourth-order valence-corrected chi connectivity index (χ4v) is 3.54. The van der Waals surface area contributed by atoms with Gasteiger partial charge in [-0.3, -0.25) is 0 Å². The molecular weight excluding hydrogens is 216 g/mol. The standard InChI is InChI=1S/C13H24N2S/c1-7-13(14-6,10(4)5)12-15-11(8-16-12)9(2)3/h8-10,14H,7H2,1-6H3. The Morgan fingerprint density at radius 2 is 2.00 bits per heavy atom. The van der Waals surface area contributed by atoms with Crippen molar-refractivity contribution < 1.29 is 0 Å². The summed E-state index contributed by atoms with van der Waals surface area (Å²) in [4.78, 5) is 4.80.